The van der Waals surface area contributed by atoms with Crippen molar-refractivity contribution in [1.29, 1.82) is 0 Å². The Balaban J connectivity index is 1.68. The summed E-state index contributed by atoms with van der Waals surface area (Å²) in [5.41, 5.74) is 1.51. The Morgan fingerprint density at radius 3 is 2.54 bits per heavy atom. The van der Waals surface area contributed by atoms with Gasteiger partial charge in [-0.3, -0.25) is 0 Å². The molecule has 2 amide bonds. The van der Waals surface area contributed by atoms with Gasteiger partial charge in [0.15, 0.2) is 0 Å². The molecule has 2 heterocycles. The topological polar surface area (TPSA) is 60.0 Å². The van der Waals surface area contributed by atoms with Crippen LogP contribution in [0.2, 0.25) is 0 Å². The van der Waals surface area contributed by atoms with Gasteiger partial charge in [0.1, 0.15) is 0 Å². The molecule has 0 unspecified atom stereocenters. The molecule has 2 aliphatic rings. The maximum Gasteiger partial charge on any atom is 0.495 e. The van der Waals surface area contributed by atoms with Crippen LogP contribution in [0.4, 0.5) is 19.3 Å². The molecule has 3 rings (SSSR count). The van der Waals surface area contributed by atoms with E-state index in [1.165, 1.54) is 4.90 Å². The predicted molar refractivity (Wildman–Crippen MR) is 103 cm³/mol. The number of benzene rings is 1. The van der Waals surface area contributed by atoms with Gasteiger partial charge in [-0.15, -0.1) is 0 Å². The van der Waals surface area contributed by atoms with Gasteiger partial charge in [-0.05, 0) is 58.6 Å². The molecule has 1 atom stereocenters. The van der Waals surface area contributed by atoms with Crippen LogP contribution in [-0.4, -0.2) is 55.1 Å². The number of nitrogens with one attached hydrogen (secondary N) is 1. The summed E-state index contributed by atoms with van der Waals surface area (Å²) in [4.78, 5) is 14.0. The van der Waals surface area contributed by atoms with Gasteiger partial charge >= 0.3 is 19.8 Å². The van der Waals surface area contributed by atoms with Gasteiger partial charge in [0.05, 0.1) is 17.3 Å². The van der Waals surface area contributed by atoms with Crippen molar-refractivity contribution in [3.05, 3.63) is 23.8 Å². The molecule has 1 aromatic carbocycles. The van der Waals surface area contributed by atoms with Crippen LogP contribution in [0, 0.1) is 6.92 Å². The van der Waals surface area contributed by atoms with Crippen LogP contribution in [0.3, 0.4) is 0 Å². The van der Waals surface area contributed by atoms with Crippen LogP contribution >= 0.6 is 0 Å². The molecule has 6 nitrogen and oxygen atoms in total. The number of carbonyl (C=O) groups is 1. The minimum atomic E-state index is -2.83. The summed E-state index contributed by atoms with van der Waals surface area (Å²) in [6.45, 7) is 7.59. The molecule has 28 heavy (non-hydrogen) atoms. The first kappa shape index (κ1) is 21.0. The Morgan fingerprint density at radius 1 is 1.29 bits per heavy atom. The number of ether oxygens (including phenoxy) is 1. The summed E-state index contributed by atoms with van der Waals surface area (Å²) in [5.74, 6) is 0. The molecule has 0 spiro atoms. The summed E-state index contributed by atoms with van der Waals surface area (Å²) in [7, 11) is -0.530. The van der Waals surface area contributed by atoms with Crippen molar-refractivity contribution in [3.8, 4) is 0 Å². The van der Waals surface area contributed by atoms with E-state index in [1.807, 2.05) is 46.8 Å². The third kappa shape index (κ3) is 4.31. The van der Waals surface area contributed by atoms with E-state index in [0.29, 0.717) is 18.7 Å². The largest absolute Gasteiger partial charge is 0.495 e. The minimum Gasteiger partial charge on any atom is -0.399 e. The maximum absolute atomic E-state index is 12.5. The number of rotatable bonds is 4. The lowest BCUT2D eigenvalue weighted by molar-refractivity contribution is -0.158. The lowest BCUT2D eigenvalue weighted by Gasteiger charge is -2.32. The fraction of sp³-hybridized carbons (Fsp3) is 0.632. The molecule has 0 saturated carbocycles. The minimum absolute atomic E-state index is 0.145. The van der Waals surface area contributed by atoms with E-state index in [0.717, 1.165) is 11.0 Å². The van der Waals surface area contributed by atoms with E-state index in [4.69, 9.17) is 9.31 Å². The number of hydrogen-bond acceptors (Lipinski definition) is 4. The number of halogens is 2. The fourth-order valence-corrected chi connectivity index (χ4v) is 3.31. The summed E-state index contributed by atoms with van der Waals surface area (Å²) >= 11 is 0. The van der Waals surface area contributed by atoms with E-state index in [1.54, 1.807) is 6.07 Å². The van der Waals surface area contributed by atoms with Crippen molar-refractivity contribution in [1.82, 2.24) is 4.90 Å². The van der Waals surface area contributed by atoms with E-state index in [2.05, 4.69) is 10.1 Å². The smallest absolute Gasteiger partial charge is 0.399 e. The standard InChI is InChI=1S/C19H27BF2N2O4/c1-12-6-7-13(10-15(12)20-27-18(2,3)19(4,5)28-20)23-17(25)24-9-8-14(11-24)26-16(21)22/h6-7,10,14,16H,8-9,11H2,1-5H3,(H,23,25)/t14-/m0/s1. The molecule has 0 aliphatic carbocycles. The number of alkyl halides is 2. The summed E-state index contributed by atoms with van der Waals surface area (Å²) in [6, 6.07) is 5.18. The first-order valence-corrected chi connectivity index (χ1v) is 9.44. The van der Waals surface area contributed by atoms with Crippen molar-refractivity contribution in [3.63, 3.8) is 0 Å². The highest BCUT2D eigenvalue weighted by atomic mass is 19.3. The van der Waals surface area contributed by atoms with Crippen molar-refractivity contribution < 1.29 is 27.6 Å². The highest BCUT2D eigenvalue weighted by Gasteiger charge is 2.52. The Labute approximate surface area is 164 Å². The SMILES string of the molecule is Cc1ccc(NC(=O)N2CC[C@H](OC(F)F)C2)cc1B1OC(C)(C)C(C)(C)O1. The Hall–Kier alpha value is -1.71. The molecular weight excluding hydrogens is 369 g/mol. The highest BCUT2D eigenvalue weighted by Crippen LogP contribution is 2.36. The zero-order valence-electron chi connectivity index (χ0n) is 16.9. The Kier molecular flexibility index (Phi) is 5.71. The number of likely N-dealkylation sites (tertiary alicyclic amines) is 1. The van der Waals surface area contributed by atoms with Crippen molar-refractivity contribution in [2.24, 2.45) is 0 Å². The molecule has 2 aliphatic heterocycles. The molecule has 2 saturated heterocycles. The second-order valence-electron chi connectivity index (χ2n) is 8.34. The Morgan fingerprint density at radius 2 is 1.93 bits per heavy atom. The third-order valence-corrected chi connectivity index (χ3v) is 5.77. The van der Waals surface area contributed by atoms with Gasteiger partial charge in [-0.1, -0.05) is 11.6 Å². The summed E-state index contributed by atoms with van der Waals surface area (Å²) in [6.07, 6.45) is -0.241. The van der Waals surface area contributed by atoms with Crippen LogP contribution in [-0.2, 0) is 14.0 Å². The molecule has 9 heteroatoms. The summed E-state index contributed by atoms with van der Waals surface area (Å²) < 4.78 is 41.4. The van der Waals surface area contributed by atoms with E-state index in [9.17, 15) is 13.6 Å². The van der Waals surface area contributed by atoms with Crippen molar-refractivity contribution in [2.45, 2.75) is 65.0 Å². The zero-order chi connectivity index (χ0) is 20.7. The van der Waals surface area contributed by atoms with Crippen LogP contribution in [0.1, 0.15) is 39.7 Å². The van der Waals surface area contributed by atoms with Crippen LogP contribution < -0.4 is 10.8 Å². The van der Waals surface area contributed by atoms with Gasteiger partial charge in [0.25, 0.3) is 0 Å². The third-order valence-electron chi connectivity index (χ3n) is 5.77. The van der Waals surface area contributed by atoms with Crippen molar-refractivity contribution >= 4 is 24.3 Å². The van der Waals surface area contributed by atoms with Gasteiger partial charge in [-0.2, -0.15) is 8.78 Å². The molecule has 0 radical (unpaired) electrons. The average molecular weight is 396 g/mol. The number of hydrogen-bond donors (Lipinski definition) is 1. The molecule has 1 N–H and O–H groups in total. The average Bonchev–Trinajstić information content (AvgIpc) is 3.11. The van der Waals surface area contributed by atoms with Gasteiger partial charge < -0.3 is 24.3 Å². The molecule has 1 aromatic rings. The monoisotopic (exact) mass is 396 g/mol. The summed E-state index contributed by atoms with van der Waals surface area (Å²) in [5, 5.41) is 2.82. The van der Waals surface area contributed by atoms with Gasteiger partial charge in [-0.25, -0.2) is 4.79 Å². The first-order chi connectivity index (χ1) is 13.0. The van der Waals surface area contributed by atoms with E-state index >= 15 is 0 Å². The molecule has 0 bridgehead atoms. The Bertz CT molecular complexity index is 729. The van der Waals surface area contributed by atoms with Crippen LogP contribution in [0.15, 0.2) is 18.2 Å². The maximum atomic E-state index is 12.5. The zero-order valence-corrected chi connectivity index (χ0v) is 16.9. The number of urea groups is 1. The molecule has 2 fully saturated rings. The first-order valence-electron chi connectivity index (χ1n) is 9.44. The van der Waals surface area contributed by atoms with E-state index in [-0.39, 0.29) is 12.6 Å². The van der Waals surface area contributed by atoms with Gasteiger partial charge in [0.2, 0.25) is 0 Å². The van der Waals surface area contributed by atoms with Crippen LogP contribution in [0.5, 0.6) is 0 Å². The number of aryl methyl sites for hydroxylation is 1. The highest BCUT2D eigenvalue weighted by molar-refractivity contribution is 6.62. The fourth-order valence-electron chi connectivity index (χ4n) is 3.31. The van der Waals surface area contributed by atoms with Gasteiger partial charge in [0, 0.05) is 18.8 Å². The predicted octanol–water partition coefficient (Wildman–Crippen LogP) is 3.14. The van der Waals surface area contributed by atoms with E-state index < -0.39 is 31.0 Å². The second-order valence-corrected chi connectivity index (χ2v) is 8.34. The second kappa shape index (κ2) is 7.61. The number of anilines is 1. The number of carbonyl (C=O) groups excluding carboxylic acids is 1. The lowest BCUT2D eigenvalue weighted by atomic mass is 9.76. The lowest BCUT2D eigenvalue weighted by Crippen LogP contribution is -2.41. The molecule has 0 aromatic heterocycles. The number of amides is 2. The van der Waals surface area contributed by atoms with Crippen LogP contribution in [0.25, 0.3) is 0 Å². The number of nitrogens with zero attached hydrogens (tertiary/aromatic N) is 1. The quantitative estimate of drug-likeness (QED) is 0.795. The molecular formula is C19H27BF2N2O4. The normalized spacial score (nSPS) is 23.5. The molecule has 154 valence electrons. The van der Waals surface area contributed by atoms with Crippen molar-refractivity contribution in [2.75, 3.05) is 18.4 Å².